The third kappa shape index (κ3) is 3.55. The highest BCUT2D eigenvalue weighted by atomic mass is 32.1. The summed E-state index contributed by atoms with van der Waals surface area (Å²) >= 11 is 1.05. The van der Waals surface area contributed by atoms with Crippen molar-refractivity contribution >= 4 is 28.5 Å². The van der Waals surface area contributed by atoms with Crippen LogP contribution in [0.1, 0.15) is 16.3 Å². The van der Waals surface area contributed by atoms with Gasteiger partial charge >= 0.3 is 5.00 Å². The van der Waals surface area contributed by atoms with Gasteiger partial charge in [0.15, 0.2) is 0 Å². The van der Waals surface area contributed by atoms with Crippen molar-refractivity contribution in [1.29, 1.82) is 0 Å². The van der Waals surface area contributed by atoms with Crippen molar-refractivity contribution in [3.63, 3.8) is 0 Å². The lowest BCUT2D eigenvalue weighted by molar-refractivity contribution is -0.380. The van der Waals surface area contributed by atoms with Crippen molar-refractivity contribution < 1.29 is 4.92 Å². The molecule has 0 spiro atoms. The summed E-state index contributed by atoms with van der Waals surface area (Å²) in [5.41, 5.74) is 4.39. The van der Waals surface area contributed by atoms with E-state index in [1.165, 1.54) is 12.3 Å². The van der Waals surface area contributed by atoms with E-state index in [1.807, 2.05) is 19.9 Å². The van der Waals surface area contributed by atoms with Crippen molar-refractivity contribution in [3.05, 3.63) is 44.6 Å². The van der Waals surface area contributed by atoms with E-state index in [0.29, 0.717) is 10.8 Å². The zero-order chi connectivity index (χ0) is 13.8. The molecule has 0 fully saturated rings. The van der Waals surface area contributed by atoms with Gasteiger partial charge < -0.3 is 0 Å². The molecule has 0 aliphatic carbocycles. The van der Waals surface area contributed by atoms with Gasteiger partial charge in [-0.1, -0.05) is 11.3 Å². The van der Waals surface area contributed by atoms with Gasteiger partial charge in [-0.3, -0.25) is 10.1 Å². The molecular weight excluding hydrogens is 266 g/mol. The molecule has 0 saturated heterocycles. The second-order valence-corrected chi connectivity index (χ2v) is 4.87. The largest absolute Gasteiger partial charge is 0.324 e. The molecule has 0 saturated carbocycles. The molecule has 7 nitrogen and oxygen atoms in total. The van der Waals surface area contributed by atoms with Crippen LogP contribution in [-0.2, 0) is 0 Å². The van der Waals surface area contributed by atoms with Gasteiger partial charge in [-0.15, -0.1) is 0 Å². The summed E-state index contributed by atoms with van der Waals surface area (Å²) in [5.74, 6) is 0.403. The Bertz CT molecular complexity index is 618. The molecule has 0 atom stereocenters. The van der Waals surface area contributed by atoms with Gasteiger partial charge in [0.25, 0.3) is 0 Å². The number of nitro groups is 1. The molecule has 0 aliphatic rings. The molecule has 0 unspecified atom stereocenters. The minimum Gasteiger partial charge on any atom is -0.258 e. The number of hydrazone groups is 1. The fraction of sp³-hybridized carbons (Fsp3) is 0.182. The lowest BCUT2D eigenvalue weighted by atomic mass is 10.4. The van der Waals surface area contributed by atoms with Crippen LogP contribution in [0.4, 0.5) is 10.9 Å². The van der Waals surface area contributed by atoms with E-state index in [1.54, 1.807) is 6.07 Å². The van der Waals surface area contributed by atoms with Crippen LogP contribution in [0.15, 0.2) is 23.3 Å². The Hall–Kier alpha value is -2.35. The van der Waals surface area contributed by atoms with Crippen LogP contribution < -0.4 is 5.43 Å². The van der Waals surface area contributed by atoms with Crippen LogP contribution in [0.5, 0.6) is 0 Å². The summed E-state index contributed by atoms with van der Waals surface area (Å²) in [6.07, 6.45) is 1.50. The quantitative estimate of drug-likeness (QED) is 0.526. The molecule has 1 N–H and O–H groups in total. The predicted octanol–water partition coefficient (Wildman–Crippen LogP) is 2.51. The minimum atomic E-state index is -0.428. The summed E-state index contributed by atoms with van der Waals surface area (Å²) in [6.45, 7) is 3.73. The number of hydrogen-bond donors (Lipinski definition) is 1. The van der Waals surface area contributed by atoms with E-state index >= 15 is 0 Å². The van der Waals surface area contributed by atoms with Gasteiger partial charge in [0, 0.05) is 17.5 Å². The number of aromatic nitrogens is 2. The molecule has 0 amide bonds. The minimum absolute atomic E-state index is 0.0871. The maximum Gasteiger partial charge on any atom is 0.324 e. The van der Waals surface area contributed by atoms with Crippen molar-refractivity contribution in [1.82, 2.24) is 9.97 Å². The van der Waals surface area contributed by atoms with E-state index < -0.39 is 4.92 Å². The Kier molecular flexibility index (Phi) is 3.81. The highest BCUT2D eigenvalue weighted by molar-refractivity contribution is 7.16. The van der Waals surface area contributed by atoms with Gasteiger partial charge in [-0.05, 0) is 26.0 Å². The van der Waals surface area contributed by atoms with Crippen molar-refractivity contribution in [2.24, 2.45) is 5.10 Å². The lowest BCUT2D eigenvalue weighted by Gasteiger charge is -2.00. The van der Waals surface area contributed by atoms with Crippen molar-refractivity contribution in [2.75, 3.05) is 5.43 Å². The maximum absolute atomic E-state index is 10.5. The third-order valence-corrected chi connectivity index (χ3v) is 3.10. The number of hydrogen-bond acceptors (Lipinski definition) is 7. The van der Waals surface area contributed by atoms with Crippen LogP contribution in [0, 0.1) is 24.0 Å². The second-order valence-electron chi connectivity index (χ2n) is 3.78. The molecule has 98 valence electrons. The molecule has 2 aromatic rings. The monoisotopic (exact) mass is 277 g/mol. The lowest BCUT2D eigenvalue weighted by Crippen LogP contribution is -1.99. The normalized spacial score (nSPS) is 10.8. The molecule has 0 aromatic carbocycles. The molecule has 2 rings (SSSR count). The number of aryl methyl sites for hydroxylation is 2. The Balaban J connectivity index is 2.04. The van der Waals surface area contributed by atoms with E-state index in [9.17, 15) is 10.1 Å². The fourth-order valence-corrected chi connectivity index (χ4v) is 2.13. The molecule has 2 aromatic heterocycles. The first-order chi connectivity index (χ1) is 9.04. The Morgan fingerprint density at radius 3 is 2.63 bits per heavy atom. The number of thiophene rings is 1. The van der Waals surface area contributed by atoms with Gasteiger partial charge in [0.1, 0.15) is 0 Å². The first-order valence-corrected chi connectivity index (χ1v) is 6.22. The van der Waals surface area contributed by atoms with E-state index in [-0.39, 0.29) is 5.00 Å². The number of anilines is 1. The maximum atomic E-state index is 10.5. The SMILES string of the molecule is Cc1cc(C)nc(N/N=C/c2ccc([N+](=O)[O-])s2)n1. The summed E-state index contributed by atoms with van der Waals surface area (Å²) in [7, 11) is 0. The van der Waals surface area contributed by atoms with Gasteiger partial charge in [0.2, 0.25) is 5.95 Å². The predicted molar refractivity (Wildman–Crippen MR) is 73.7 cm³/mol. The standard InChI is InChI=1S/C11H11N5O2S/c1-7-5-8(2)14-11(13-7)15-12-6-9-3-4-10(19-9)16(17)18/h3-6H,1-2H3,(H,13,14,15)/b12-6+. The molecule has 0 bridgehead atoms. The Labute approximate surface area is 113 Å². The van der Waals surface area contributed by atoms with E-state index in [4.69, 9.17) is 0 Å². The van der Waals surface area contributed by atoms with Crippen LogP contribution in [0.3, 0.4) is 0 Å². The fourth-order valence-electron chi connectivity index (χ4n) is 1.44. The van der Waals surface area contributed by atoms with Gasteiger partial charge in [0.05, 0.1) is 16.0 Å². The molecule has 19 heavy (non-hydrogen) atoms. The molecule has 0 aliphatic heterocycles. The number of rotatable bonds is 4. The summed E-state index contributed by atoms with van der Waals surface area (Å²) in [5, 5.41) is 14.6. The van der Waals surface area contributed by atoms with Gasteiger partial charge in [-0.25, -0.2) is 15.4 Å². The average Bonchev–Trinajstić information content (AvgIpc) is 2.76. The second kappa shape index (κ2) is 5.53. The summed E-state index contributed by atoms with van der Waals surface area (Å²) in [6, 6.07) is 4.94. The highest BCUT2D eigenvalue weighted by Crippen LogP contribution is 2.22. The Morgan fingerprint density at radius 2 is 2.05 bits per heavy atom. The van der Waals surface area contributed by atoms with Crippen LogP contribution in [-0.4, -0.2) is 21.1 Å². The summed E-state index contributed by atoms with van der Waals surface area (Å²) < 4.78 is 0. The molecule has 8 heteroatoms. The van der Waals surface area contributed by atoms with Crippen molar-refractivity contribution in [2.45, 2.75) is 13.8 Å². The summed E-state index contributed by atoms with van der Waals surface area (Å²) in [4.78, 5) is 19.1. The third-order valence-electron chi connectivity index (χ3n) is 2.13. The van der Waals surface area contributed by atoms with Gasteiger partial charge in [-0.2, -0.15) is 5.10 Å². The Morgan fingerprint density at radius 1 is 1.37 bits per heavy atom. The number of nitrogens with zero attached hydrogens (tertiary/aromatic N) is 4. The smallest absolute Gasteiger partial charge is 0.258 e. The first kappa shape index (κ1) is 13.1. The molecule has 2 heterocycles. The number of nitrogens with one attached hydrogen (secondary N) is 1. The van der Waals surface area contributed by atoms with E-state index in [2.05, 4.69) is 20.5 Å². The van der Waals surface area contributed by atoms with E-state index in [0.717, 1.165) is 22.7 Å². The first-order valence-electron chi connectivity index (χ1n) is 5.40. The molecular formula is C11H11N5O2S. The highest BCUT2D eigenvalue weighted by Gasteiger charge is 2.07. The van der Waals surface area contributed by atoms with Crippen molar-refractivity contribution in [3.8, 4) is 0 Å². The molecule has 0 radical (unpaired) electrons. The zero-order valence-corrected chi connectivity index (χ0v) is 11.1. The van der Waals surface area contributed by atoms with Crippen LogP contribution in [0.2, 0.25) is 0 Å². The topological polar surface area (TPSA) is 93.3 Å². The average molecular weight is 277 g/mol. The zero-order valence-electron chi connectivity index (χ0n) is 10.3. The van der Waals surface area contributed by atoms with Crippen LogP contribution in [0.25, 0.3) is 0 Å². The van der Waals surface area contributed by atoms with Crippen LogP contribution >= 0.6 is 11.3 Å².